The van der Waals surface area contributed by atoms with Gasteiger partial charge in [-0.15, -0.1) is 0 Å². The van der Waals surface area contributed by atoms with Crippen LogP contribution in [0.3, 0.4) is 0 Å². The summed E-state index contributed by atoms with van der Waals surface area (Å²) in [5.74, 6) is 0. The van der Waals surface area contributed by atoms with E-state index in [-0.39, 0.29) is 5.56 Å². The van der Waals surface area contributed by atoms with Gasteiger partial charge in [0.2, 0.25) is 0 Å². The summed E-state index contributed by atoms with van der Waals surface area (Å²) >= 11 is 8.50. The van der Waals surface area contributed by atoms with Gasteiger partial charge >= 0.3 is 4.83 Å². The average molecular weight is 365 g/mol. The van der Waals surface area contributed by atoms with Gasteiger partial charge in [0.25, 0.3) is 0 Å². The minimum atomic E-state index is -2.98. The van der Waals surface area contributed by atoms with Crippen molar-refractivity contribution in [2.45, 2.75) is 4.83 Å². The first-order valence-electron chi connectivity index (χ1n) is 2.93. The van der Waals surface area contributed by atoms with Crippen molar-refractivity contribution in [3.8, 4) is 0 Å². The lowest BCUT2D eigenvalue weighted by molar-refractivity contribution is 0.114. The zero-order valence-corrected chi connectivity index (χ0v) is 10.4. The Morgan fingerprint density at radius 1 is 1.17 bits per heavy atom. The Morgan fingerprint density at radius 3 is 2.17 bits per heavy atom. The van der Waals surface area contributed by atoms with Gasteiger partial charge in [0, 0.05) is 14.5 Å². The Hall–Kier alpha value is 0.520. The van der Waals surface area contributed by atoms with E-state index in [1.807, 2.05) is 0 Å². The lowest BCUT2D eigenvalue weighted by atomic mass is 10.2. The third kappa shape index (κ3) is 2.50. The van der Waals surface area contributed by atoms with E-state index < -0.39 is 4.83 Å². The van der Waals surface area contributed by atoms with Gasteiger partial charge in [-0.2, -0.15) is 8.78 Å². The molecule has 0 aliphatic rings. The molecule has 0 aromatic heterocycles. The van der Waals surface area contributed by atoms with Crippen LogP contribution in [-0.2, 0) is 4.83 Å². The van der Waals surface area contributed by atoms with Crippen molar-refractivity contribution in [1.29, 1.82) is 0 Å². The summed E-state index contributed by atoms with van der Waals surface area (Å²) in [4.78, 5) is -2.98. The van der Waals surface area contributed by atoms with Gasteiger partial charge in [-0.05, 0) is 34.1 Å². The van der Waals surface area contributed by atoms with Crippen LogP contribution in [0.25, 0.3) is 0 Å². The van der Waals surface area contributed by atoms with Crippen LogP contribution >= 0.6 is 47.8 Å². The van der Waals surface area contributed by atoms with Crippen molar-refractivity contribution in [2.24, 2.45) is 0 Å². The Balaban J connectivity index is 3.19. The van der Waals surface area contributed by atoms with Crippen LogP contribution in [-0.4, -0.2) is 0 Å². The molecule has 0 aliphatic heterocycles. The van der Waals surface area contributed by atoms with E-state index in [9.17, 15) is 8.78 Å². The first kappa shape index (κ1) is 10.6. The summed E-state index contributed by atoms with van der Waals surface area (Å²) in [7, 11) is 0. The molecule has 1 rings (SSSR count). The fourth-order valence-electron chi connectivity index (χ4n) is 0.719. The molecule has 0 heterocycles. The van der Waals surface area contributed by atoms with Gasteiger partial charge in [-0.1, -0.05) is 31.9 Å². The summed E-state index contributed by atoms with van der Waals surface area (Å²) in [5.41, 5.74) is -0.0781. The molecule has 1 aromatic rings. The van der Waals surface area contributed by atoms with Crippen LogP contribution in [0.5, 0.6) is 0 Å². The minimum Gasteiger partial charge on any atom is -0.188 e. The molecule has 0 spiro atoms. The fraction of sp³-hybridized carbons (Fsp3) is 0.143. The summed E-state index contributed by atoms with van der Waals surface area (Å²) < 4.78 is 26.6. The molecule has 0 aliphatic carbocycles. The highest BCUT2D eigenvalue weighted by Gasteiger charge is 2.29. The molecular weight excluding hydrogens is 362 g/mol. The van der Waals surface area contributed by atoms with Crippen molar-refractivity contribution in [3.63, 3.8) is 0 Å². The van der Waals surface area contributed by atoms with Crippen LogP contribution in [0.15, 0.2) is 27.1 Å². The van der Waals surface area contributed by atoms with Crippen LogP contribution in [0, 0.1) is 0 Å². The van der Waals surface area contributed by atoms with Gasteiger partial charge in [0.1, 0.15) is 0 Å². The second-order valence-corrected chi connectivity index (χ2v) is 4.89. The van der Waals surface area contributed by atoms with Gasteiger partial charge in [0.15, 0.2) is 0 Å². The van der Waals surface area contributed by atoms with Crippen molar-refractivity contribution >= 4 is 47.8 Å². The molecule has 12 heavy (non-hydrogen) atoms. The number of alkyl halides is 3. The lowest BCUT2D eigenvalue weighted by Crippen LogP contribution is -2.02. The normalized spacial score (nSPS) is 11.8. The summed E-state index contributed by atoms with van der Waals surface area (Å²) in [5, 5.41) is 0. The highest BCUT2D eigenvalue weighted by atomic mass is 79.9. The summed E-state index contributed by atoms with van der Waals surface area (Å²) in [6.07, 6.45) is 0. The number of benzene rings is 1. The largest absolute Gasteiger partial charge is 0.327 e. The van der Waals surface area contributed by atoms with E-state index in [1.165, 1.54) is 6.07 Å². The number of hydrogen-bond acceptors (Lipinski definition) is 0. The van der Waals surface area contributed by atoms with Crippen LogP contribution < -0.4 is 0 Å². The minimum absolute atomic E-state index is 0.0781. The van der Waals surface area contributed by atoms with E-state index in [4.69, 9.17) is 0 Å². The number of rotatable bonds is 1. The maximum Gasteiger partial charge on any atom is 0.327 e. The molecule has 0 amide bonds. The van der Waals surface area contributed by atoms with Crippen LogP contribution in [0.1, 0.15) is 5.56 Å². The third-order valence-corrected chi connectivity index (χ3v) is 2.81. The maximum absolute atomic E-state index is 12.7. The first-order valence-corrected chi connectivity index (χ1v) is 5.31. The van der Waals surface area contributed by atoms with Crippen molar-refractivity contribution < 1.29 is 8.78 Å². The quantitative estimate of drug-likeness (QED) is 0.636. The molecule has 0 N–H and O–H groups in total. The van der Waals surface area contributed by atoms with Crippen LogP contribution in [0.2, 0.25) is 0 Å². The molecular formula is C7H3Br3F2. The van der Waals surface area contributed by atoms with E-state index in [2.05, 4.69) is 47.8 Å². The standard InChI is InChI=1S/C7H3Br3F2/c8-4-1-2-5(6(9)3-4)7(10,11)12/h1-3H. The molecule has 1 aromatic carbocycles. The zero-order valence-electron chi connectivity index (χ0n) is 5.62. The van der Waals surface area contributed by atoms with Gasteiger partial charge < -0.3 is 0 Å². The highest BCUT2D eigenvalue weighted by molar-refractivity contribution is 9.11. The van der Waals surface area contributed by atoms with E-state index >= 15 is 0 Å². The topological polar surface area (TPSA) is 0 Å². The molecule has 0 saturated carbocycles. The van der Waals surface area contributed by atoms with Gasteiger partial charge in [-0.3, -0.25) is 0 Å². The molecule has 0 saturated heterocycles. The van der Waals surface area contributed by atoms with E-state index in [0.717, 1.165) is 4.47 Å². The number of halogens is 5. The van der Waals surface area contributed by atoms with E-state index in [1.54, 1.807) is 12.1 Å². The smallest absolute Gasteiger partial charge is 0.188 e. The Bertz CT molecular complexity index is 293. The highest BCUT2D eigenvalue weighted by Crippen LogP contribution is 2.39. The monoisotopic (exact) mass is 362 g/mol. The molecule has 0 atom stereocenters. The Kier molecular flexibility index (Phi) is 3.28. The number of hydrogen-bond donors (Lipinski definition) is 0. The molecule has 0 unspecified atom stereocenters. The molecule has 0 fully saturated rings. The van der Waals surface area contributed by atoms with Crippen LogP contribution in [0.4, 0.5) is 8.78 Å². The molecule has 0 radical (unpaired) electrons. The van der Waals surface area contributed by atoms with Gasteiger partial charge in [0.05, 0.1) is 0 Å². The SMILES string of the molecule is FC(F)(Br)c1ccc(Br)cc1Br. The summed E-state index contributed by atoms with van der Waals surface area (Å²) in [6, 6.07) is 4.49. The fourth-order valence-corrected chi connectivity index (χ4v) is 2.63. The second kappa shape index (κ2) is 3.72. The average Bonchev–Trinajstić information content (AvgIpc) is 1.83. The van der Waals surface area contributed by atoms with Crippen molar-refractivity contribution in [1.82, 2.24) is 0 Å². The maximum atomic E-state index is 12.7. The zero-order chi connectivity index (χ0) is 9.35. The second-order valence-electron chi connectivity index (χ2n) is 2.12. The van der Waals surface area contributed by atoms with Gasteiger partial charge in [-0.25, -0.2) is 0 Å². The molecule has 0 nitrogen and oxygen atoms in total. The summed E-state index contributed by atoms with van der Waals surface area (Å²) in [6.45, 7) is 0. The predicted octanol–water partition coefficient (Wildman–Crippen LogP) is 4.66. The third-order valence-electron chi connectivity index (χ3n) is 1.24. The Morgan fingerprint density at radius 2 is 1.75 bits per heavy atom. The Labute approximate surface area is 93.7 Å². The van der Waals surface area contributed by atoms with Crippen molar-refractivity contribution in [2.75, 3.05) is 0 Å². The molecule has 66 valence electrons. The van der Waals surface area contributed by atoms with E-state index in [0.29, 0.717) is 4.47 Å². The lowest BCUT2D eigenvalue weighted by Gasteiger charge is -2.10. The molecule has 5 heteroatoms. The first-order chi connectivity index (χ1) is 5.41. The molecule has 0 bridgehead atoms. The van der Waals surface area contributed by atoms with Crippen molar-refractivity contribution in [3.05, 3.63) is 32.7 Å². The predicted molar refractivity (Wildman–Crippen MR) is 54.7 cm³/mol.